The van der Waals surface area contributed by atoms with E-state index in [1.807, 2.05) is 6.07 Å². The second kappa shape index (κ2) is 10.3. The summed E-state index contributed by atoms with van der Waals surface area (Å²) in [6, 6.07) is 8.77. The second-order valence-electron chi connectivity index (χ2n) is 6.77. The highest BCUT2D eigenvalue weighted by Gasteiger charge is 2.51. The van der Waals surface area contributed by atoms with Crippen molar-refractivity contribution in [1.29, 1.82) is 0 Å². The lowest BCUT2D eigenvalue weighted by molar-refractivity contribution is -0.298. The Morgan fingerprint density at radius 2 is 1.77 bits per heavy atom. The summed E-state index contributed by atoms with van der Waals surface area (Å²) in [6.45, 7) is 2.52. The zero-order valence-corrected chi connectivity index (χ0v) is 16.2. The molecule has 7 heteroatoms. The summed E-state index contributed by atoms with van der Waals surface area (Å²) >= 11 is 0. The highest BCUT2D eigenvalue weighted by Crippen LogP contribution is 2.39. The van der Waals surface area contributed by atoms with Crippen molar-refractivity contribution >= 4 is 10.4 Å². The second-order valence-corrected chi connectivity index (χ2v) is 7.80. The smallest absolute Gasteiger partial charge is 0.402 e. The van der Waals surface area contributed by atoms with Crippen LogP contribution in [-0.4, -0.2) is 25.6 Å². The predicted octanol–water partition coefficient (Wildman–Crippen LogP) is 4.72. The van der Waals surface area contributed by atoms with Crippen LogP contribution in [0.25, 0.3) is 0 Å². The zero-order chi connectivity index (χ0) is 18.9. The van der Waals surface area contributed by atoms with E-state index in [1.165, 1.54) is 32.1 Å². The van der Waals surface area contributed by atoms with Gasteiger partial charge < -0.3 is 9.47 Å². The number of ether oxygens (including phenoxy) is 2. The van der Waals surface area contributed by atoms with Gasteiger partial charge >= 0.3 is 16.4 Å². The zero-order valence-electron chi connectivity index (χ0n) is 15.4. The van der Waals surface area contributed by atoms with E-state index in [0.717, 1.165) is 19.3 Å². The number of unbranched alkanes of at least 4 members (excludes halogenated alkanes) is 6. The van der Waals surface area contributed by atoms with E-state index in [4.69, 9.17) is 13.7 Å². The molecule has 0 saturated carbocycles. The van der Waals surface area contributed by atoms with Crippen LogP contribution in [0, 0.1) is 5.92 Å². The van der Waals surface area contributed by atoms with Gasteiger partial charge in [0, 0.05) is 0 Å². The standard InChI is InChI=1S/C19H30O6S/c1-2-3-4-5-6-7-9-12-17-15-16-23-19(17,25-26(20,21)22)24-18-13-10-8-11-14-18/h8,10-11,13-14,17H,2-7,9,12,15-16H2,1H3,(H,20,21,22). The molecule has 0 aliphatic carbocycles. The maximum absolute atomic E-state index is 11.4. The molecule has 26 heavy (non-hydrogen) atoms. The number of hydrogen-bond donors (Lipinski definition) is 1. The highest BCUT2D eigenvalue weighted by atomic mass is 32.3. The normalized spacial score (nSPS) is 23.2. The van der Waals surface area contributed by atoms with Gasteiger partial charge in [-0.15, -0.1) is 0 Å². The molecule has 148 valence electrons. The van der Waals surface area contributed by atoms with Crippen molar-refractivity contribution in [3.8, 4) is 5.75 Å². The van der Waals surface area contributed by atoms with Gasteiger partial charge in [0.25, 0.3) is 0 Å². The minimum atomic E-state index is -4.71. The molecule has 1 aliphatic heterocycles. The van der Waals surface area contributed by atoms with Crippen molar-refractivity contribution in [1.82, 2.24) is 0 Å². The maximum atomic E-state index is 11.4. The predicted molar refractivity (Wildman–Crippen MR) is 99.1 cm³/mol. The first-order chi connectivity index (χ1) is 12.5. The van der Waals surface area contributed by atoms with E-state index in [9.17, 15) is 13.0 Å². The van der Waals surface area contributed by atoms with Crippen LogP contribution < -0.4 is 4.74 Å². The van der Waals surface area contributed by atoms with Gasteiger partial charge in [0.2, 0.25) is 0 Å². The molecule has 0 bridgehead atoms. The summed E-state index contributed by atoms with van der Waals surface area (Å²) in [5.74, 6) is -1.63. The Kier molecular flexibility index (Phi) is 8.34. The van der Waals surface area contributed by atoms with Crippen molar-refractivity contribution in [3.63, 3.8) is 0 Å². The number of para-hydroxylation sites is 1. The van der Waals surface area contributed by atoms with E-state index in [-0.39, 0.29) is 5.92 Å². The Labute approximate surface area is 156 Å². The van der Waals surface area contributed by atoms with Gasteiger partial charge in [-0.25, -0.2) is 0 Å². The topological polar surface area (TPSA) is 82.1 Å². The lowest BCUT2D eigenvalue weighted by Crippen LogP contribution is -2.46. The monoisotopic (exact) mass is 386 g/mol. The molecule has 1 saturated heterocycles. The lowest BCUT2D eigenvalue weighted by Gasteiger charge is -2.32. The quantitative estimate of drug-likeness (QED) is 0.318. The SMILES string of the molecule is CCCCCCCCCC1CCOC1(Oc1ccccc1)OS(=O)(=O)O. The van der Waals surface area contributed by atoms with Crippen LogP contribution in [0.1, 0.15) is 64.7 Å². The molecule has 1 aromatic rings. The summed E-state index contributed by atoms with van der Waals surface area (Å²) in [4.78, 5) is 0. The van der Waals surface area contributed by atoms with Crippen LogP contribution in [0.4, 0.5) is 0 Å². The van der Waals surface area contributed by atoms with E-state index < -0.39 is 16.4 Å². The van der Waals surface area contributed by atoms with Crippen molar-refractivity contribution in [3.05, 3.63) is 30.3 Å². The molecule has 2 atom stereocenters. The van der Waals surface area contributed by atoms with E-state index in [2.05, 4.69) is 6.92 Å². The van der Waals surface area contributed by atoms with Gasteiger partial charge in [0.1, 0.15) is 5.75 Å². The Balaban J connectivity index is 1.96. The van der Waals surface area contributed by atoms with Gasteiger partial charge in [-0.05, 0) is 25.0 Å². The van der Waals surface area contributed by atoms with Crippen molar-refractivity contribution in [2.75, 3.05) is 6.61 Å². The first kappa shape index (κ1) is 21.2. The summed E-state index contributed by atoms with van der Waals surface area (Å²) in [5, 5.41) is 0. The molecular formula is C19H30O6S. The molecule has 0 spiro atoms. The fourth-order valence-corrected chi connectivity index (χ4v) is 3.84. The van der Waals surface area contributed by atoms with Crippen LogP contribution >= 0.6 is 0 Å². The number of benzene rings is 1. The summed E-state index contributed by atoms with van der Waals surface area (Å²) < 4.78 is 48.2. The minimum Gasteiger partial charge on any atom is -0.438 e. The van der Waals surface area contributed by atoms with Crippen molar-refractivity contribution in [2.45, 2.75) is 70.7 Å². The highest BCUT2D eigenvalue weighted by molar-refractivity contribution is 7.80. The van der Waals surface area contributed by atoms with Crippen LogP contribution in [-0.2, 0) is 19.3 Å². The number of rotatable bonds is 12. The molecule has 1 aliphatic rings. The average Bonchev–Trinajstić information content (AvgIpc) is 2.95. The van der Waals surface area contributed by atoms with Gasteiger partial charge in [-0.1, -0.05) is 70.1 Å². The van der Waals surface area contributed by atoms with Crippen molar-refractivity contribution < 1.29 is 26.6 Å². The lowest BCUT2D eigenvalue weighted by atomic mass is 9.96. The third kappa shape index (κ3) is 6.87. The Bertz CT molecular complexity index is 618. The molecule has 1 aromatic carbocycles. The summed E-state index contributed by atoms with van der Waals surface area (Å²) in [5.41, 5.74) is 0. The first-order valence-corrected chi connectivity index (χ1v) is 10.9. The van der Waals surface area contributed by atoms with Gasteiger partial charge in [-0.2, -0.15) is 12.6 Å². The molecule has 0 amide bonds. The fraction of sp³-hybridized carbons (Fsp3) is 0.684. The third-order valence-electron chi connectivity index (χ3n) is 4.65. The first-order valence-electron chi connectivity index (χ1n) is 9.51. The minimum absolute atomic E-state index is 0.264. The van der Waals surface area contributed by atoms with Gasteiger partial charge in [-0.3, -0.25) is 4.55 Å². The Morgan fingerprint density at radius 1 is 1.12 bits per heavy atom. The van der Waals surface area contributed by atoms with Crippen molar-refractivity contribution in [2.24, 2.45) is 5.92 Å². The maximum Gasteiger partial charge on any atom is 0.402 e. The third-order valence-corrected chi connectivity index (χ3v) is 5.09. The largest absolute Gasteiger partial charge is 0.438 e. The molecule has 1 N–H and O–H groups in total. The Hall–Kier alpha value is -1.15. The van der Waals surface area contributed by atoms with E-state index in [0.29, 0.717) is 18.8 Å². The summed E-state index contributed by atoms with van der Waals surface area (Å²) in [7, 11) is -4.71. The molecule has 0 radical (unpaired) electrons. The summed E-state index contributed by atoms with van der Waals surface area (Å²) in [6.07, 6.45) is 9.51. The van der Waals surface area contributed by atoms with Crippen LogP contribution in [0.3, 0.4) is 0 Å². The average molecular weight is 387 g/mol. The van der Waals surface area contributed by atoms with Crippen LogP contribution in [0.5, 0.6) is 5.75 Å². The van der Waals surface area contributed by atoms with E-state index >= 15 is 0 Å². The Morgan fingerprint density at radius 3 is 2.42 bits per heavy atom. The fourth-order valence-electron chi connectivity index (χ4n) is 3.33. The van der Waals surface area contributed by atoms with Crippen LogP contribution in [0.15, 0.2) is 30.3 Å². The molecule has 2 unspecified atom stereocenters. The molecule has 6 nitrogen and oxygen atoms in total. The van der Waals surface area contributed by atoms with Crippen LogP contribution in [0.2, 0.25) is 0 Å². The van der Waals surface area contributed by atoms with Gasteiger partial charge in [0.15, 0.2) is 0 Å². The number of hydrogen-bond acceptors (Lipinski definition) is 5. The van der Waals surface area contributed by atoms with Gasteiger partial charge in [0.05, 0.1) is 12.5 Å². The molecule has 0 aromatic heterocycles. The molecule has 1 fully saturated rings. The molecule has 2 rings (SSSR count). The molecular weight excluding hydrogens is 356 g/mol. The van der Waals surface area contributed by atoms with E-state index in [1.54, 1.807) is 24.3 Å². The molecule has 1 heterocycles.